The van der Waals surface area contributed by atoms with Crippen molar-refractivity contribution in [3.8, 4) is 0 Å². The second-order valence-corrected chi connectivity index (χ2v) is 4.13. The minimum absolute atomic E-state index is 0.509. The van der Waals surface area contributed by atoms with Gasteiger partial charge in [0.1, 0.15) is 0 Å². The van der Waals surface area contributed by atoms with E-state index < -0.39 is 0 Å². The van der Waals surface area contributed by atoms with Crippen LogP contribution in [0.4, 0.5) is 0 Å². The van der Waals surface area contributed by atoms with Crippen molar-refractivity contribution in [2.45, 2.75) is 25.2 Å². The molecule has 0 bridgehead atoms. The summed E-state index contributed by atoms with van der Waals surface area (Å²) in [6, 6.07) is 8.60. The SMILES string of the molecule is CN(O)CC1CCCc2ccccc21. The highest BCUT2D eigenvalue weighted by Crippen LogP contribution is 2.31. The number of aryl methyl sites for hydroxylation is 1. The summed E-state index contributed by atoms with van der Waals surface area (Å²) >= 11 is 0. The van der Waals surface area contributed by atoms with Gasteiger partial charge in [-0.15, -0.1) is 0 Å². The molecule has 0 aromatic heterocycles. The lowest BCUT2D eigenvalue weighted by atomic mass is 9.83. The van der Waals surface area contributed by atoms with Crippen LogP contribution in [0.3, 0.4) is 0 Å². The normalized spacial score (nSPS) is 20.9. The molecule has 1 atom stereocenters. The zero-order chi connectivity index (χ0) is 9.97. The summed E-state index contributed by atoms with van der Waals surface area (Å²) in [5.74, 6) is 0.509. The van der Waals surface area contributed by atoms with E-state index in [1.54, 1.807) is 7.05 Å². The molecule has 76 valence electrons. The third kappa shape index (κ3) is 1.97. The second-order valence-electron chi connectivity index (χ2n) is 4.13. The molecule has 1 aromatic rings. The molecule has 2 nitrogen and oxygen atoms in total. The Morgan fingerprint density at radius 2 is 2.21 bits per heavy atom. The van der Waals surface area contributed by atoms with Gasteiger partial charge >= 0.3 is 0 Å². The maximum absolute atomic E-state index is 9.26. The van der Waals surface area contributed by atoms with Crippen molar-refractivity contribution in [3.05, 3.63) is 35.4 Å². The highest BCUT2D eigenvalue weighted by Gasteiger charge is 2.20. The fourth-order valence-corrected chi connectivity index (χ4v) is 2.36. The quantitative estimate of drug-likeness (QED) is 0.726. The summed E-state index contributed by atoms with van der Waals surface area (Å²) in [5, 5.41) is 10.6. The summed E-state index contributed by atoms with van der Waals surface area (Å²) in [6.07, 6.45) is 3.64. The molecular formula is C12H17NO. The molecule has 1 N–H and O–H groups in total. The maximum Gasteiger partial charge on any atom is 0.0303 e. The largest absolute Gasteiger partial charge is 0.314 e. The van der Waals surface area contributed by atoms with Crippen LogP contribution in [-0.2, 0) is 6.42 Å². The summed E-state index contributed by atoms with van der Waals surface area (Å²) < 4.78 is 0. The topological polar surface area (TPSA) is 23.5 Å². The molecule has 0 aliphatic heterocycles. The van der Waals surface area contributed by atoms with Gasteiger partial charge in [-0.2, -0.15) is 5.06 Å². The Morgan fingerprint density at radius 1 is 1.43 bits per heavy atom. The van der Waals surface area contributed by atoms with Crippen LogP contribution < -0.4 is 0 Å². The molecule has 14 heavy (non-hydrogen) atoms. The van der Waals surface area contributed by atoms with Crippen molar-refractivity contribution in [2.75, 3.05) is 13.6 Å². The van der Waals surface area contributed by atoms with E-state index in [4.69, 9.17) is 0 Å². The molecule has 1 aliphatic carbocycles. The van der Waals surface area contributed by atoms with Crippen molar-refractivity contribution < 1.29 is 5.21 Å². The van der Waals surface area contributed by atoms with E-state index in [1.165, 1.54) is 35.5 Å². The Labute approximate surface area is 85.1 Å². The standard InChI is InChI=1S/C12H17NO/c1-13(14)9-11-7-4-6-10-5-2-3-8-12(10)11/h2-3,5,8,11,14H,4,6-7,9H2,1H3. The minimum Gasteiger partial charge on any atom is -0.314 e. The van der Waals surface area contributed by atoms with Gasteiger partial charge in [0.15, 0.2) is 0 Å². The summed E-state index contributed by atoms with van der Waals surface area (Å²) in [4.78, 5) is 0. The summed E-state index contributed by atoms with van der Waals surface area (Å²) in [5.41, 5.74) is 2.89. The van der Waals surface area contributed by atoms with Gasteiger partial charge in [-0.05, 0) is 36.3 Å². The van der Waals surface area contributed by atoms with Crippen molar-refractivity contribution in [1.82, 2.24) is 5.06 Å². The van der Waals surface area contributed by atoms with Crippen LogP contribution in [0.25, 0.3) is 0 Å². The van der Waals surface area contributed by atoms with Crippen LogP contribution in [-0.4, -0.2) is 23.9 Å². The molecule has 0 saturated carbocycles. The van der Waals surface area contributed by atoms with Gasteiger partial charge < -0.3 is 5.21 Å². The highest BCUT2D eigenvalue weighted by atomic mass is 16.5. The molecule has 1 unspecified atom stereocenters. The average Bonchev–Trinajstić information content (AvgIpc) is 2.18. The predicted octanol–water partition coefficient (Wildman–Crippen LogP) is 2.43. The maximum atomic E-state index is 9.26. The minimum atomic E-state index is 0.509. The number of nitrogens with zero attached hydrogens (tertiary/aromatic N) is 1. The zero-order valence-corrected chi connectivity index (χ0v) is 8.61. The molecule has 0 saturated heterocycles. The number of hydrogen-bond donors (Lipinski definition) is 1. The van der Waals surface area contributed by atoms with Gasteiger partial charge in [0.2, 0.25) is 0 Å². The van der Waals surface area contributed by atoms with Crippen LogP contribution in [0.5, 0.6) is 0 Å². The number of likely N-dealkylation sites (N-methyl/N-ethyl adjacent to an activating group) is 1. The third-order valence-corrected chi connectivity index (χ3v) is 2.98. The summed E-state index contributed by atoms with van der Waals surface area (Å²) in [6.45, 7) is 0.747. The Morgan fingerprint density at radius 3 is 3.00 bits per heavy atom. The molecule has 2 heteroatoms. The molecule has 2 rings (SSSR count). The Balaban J connectivity index is 2.22. The van der Waals surface area contributed by atoms with E-state index in [0.717, 1.165) is 6.54 Å². The molecule has 0 radical (unpaired) electrons. The van der Waals surface area contributed by atoms with E-state index in [2.05, 4.69) is 24.3 Å². The number of hydrogen-bond acceptors (Lipinski definition) is 2. The van der Waals surface area contributed by atoms with E-state index in [1.807, 2.05) is 0 Å². The number of fused-ring (bicyclic) bond motifs is 1. The Kier molecular flexibility index (Phi) is 2.85. The highest BCUT2D eigenvalue weighted by molar-refractivity contribution is 5.32. The molecule has 0 amide bonds. The molecule has 0 spiro atoms. The lowest BCUT2D eigenvalue weighted by molar-refractivity contribution is -0.0702. The lowest BCUT2D eigenvalue weighted by Crippen LogP contribution is -2.23. The number of hydroxylamine groups is 2. The van der Waals surface area contributed by atoms with Gasteiger partial charge in [0, 0.05) is 13.6 Å². The molecule has 1 aromatic carbocycles. The van der Waals surface area contributed by atoms with Crippen LogP contribution in [0.1, 0.15) is 29.9 Å². The van der Waals surface area contributed by atoms with Gasteiger partial charge in [-0.25, -0.2) is 0 Å². The van der Waals surface area contributed by atoms with E-state index in [-0.39, 0.29) is 0 Å². The van der Waals surface area contributed by atoms with Crippen LogP contribution in [0.2, 0.25) is 0 Å². The third-order valence-electron chi connectivity index (χ3n) is 2.98. The average molecular weight is 191 g/mol. The van der Waals surface area contributed by atoms with Crippen LogP contribution in [0.15, 0.2) is 24.3 Å². The first-order valence-corrected chi connectivity index (χ1v) is 5.25. The smallest absolute Gasteiger partial charge is 0.0303 e. The Hall–Kier alpha value is -0.860. The number of rotatable bonds is 2. The van der Waals surface area contributed by atoms with E-state index >= 15 is 0 Å². The van der Waals surface area contributed by atoms with Crippen LogP contribution >= 0.6 is 0 Å². The first-order chi connectivity index (χ1) is 6.77. The van der Waals surface area contributed by atoms with E-state index in [0.29, 0.717) is 5.92 Å². The molecule has 0 heterocycles. The van der Waals surface area contributed by atoms with Crippen molar-refractivity contribution >= 4 is 0 Å². The monoisotopic (exact) mass is 191 g/mol. The first kappa shape index (κ1) is 9.69. The van der Waals surface area contributed by atoms with Crippen molar-refractivity contribution in [2.24, 2.45) is 0 Å². The van der Waals surface area contributed by atoms with Gasteiger partial charge in [0.25, 0.3) is 0 Å². The second kappa shape index (κ2) is 4.11. The van der Waals surface area contributed by atoms with Crippen molar-refractivity contribution in [3.63, 3.8) is 0 Å². The summed E-state index contributed by atoms with van der Waals surface area (Å²) in [7, 11) is 1.72. The van der Waals surface area contributed by atoms with E-state index in [9.17, 15) is 5.21 Å². The Bertz CT molecular complexity index is 309. The van der Waals surface area contributed by atoms with Gasteiger partial charge in [-0.1, -0.05) is 24.3 Å². The first-order valence-electron chi connectivity index (χ1n) is 5.25. The van der Waals surface area contributed by atoms with Crippen molar-refractivity contribution in [1.29, 1.82) is 0 Å². The molecule has 1 aliphatic rings. The fourth-order valence-electron chi connectivity index (χ4n) is 2.36. The molecular weight excluding hydrogens is 174 g/mol. The van der Waals surface area contributed by atoms with Gasteiger partial charge in [-0.3, -0.25) is 0 Å². The zero-order valence-electron chi connectivity index (χ0n) is 8.61. The van der Waals surface area contributed by atoms with Gasteiger partial charge in [0.05, 0.1) is 0 Å². The predicted molar refractivity (Wildman–Crippen MR) is 56.5 cm³/mol. The number of benzene rings is 1. The lowest BCUT2D eigenvalue weighted by Gasteiger charge is -2.26. The van der Waals surface area contributed by atoms with Crippen LogP contribution in [0, 0.1) is 0 Å². The molecule has 0 fully saturated rings. The fraction of sp³-hybridized carbons (Fsp3) is 0.500.